The van der Waals surface area contributed by atoms with Gasteiger partial charge in [0.15, 0.2) is 0 Å². The molecule has 0 saturated carbocycles. The van der Waals surface area contributed by atoms with Gasteiger partial charge in [0.25, 0.3) is 10.0 Å². The number of carbonyl (C=O) groups excluding carboxylic acids is 2. The number of carbonyl (C=O) groups is 2. The van der Waals surface area contributed by atoms with Crippen LogP contribution in [0.1, 0.15) is 31.9 Å². The Morgan fingerprint density at radius 1 is 0.921 bits per heavy atom. The van der Waals surface area contributed by atoms with Gasteiger partial charge in [0.1, 0.15) is 12.6 Å². The molecule has 3 aromatic carbocycles. The fraction of sp³-hybridized carbons (Fsp3) is 0.286. The number of anilines is 1. The first-order chi connectivity index (χ1) is 17.9. The lowest BCUT2D eigenvalue weighted by Crippen LogP contribution is -2.52. The molecule has 0 saturated heterocycles. The summed E-state index contributed by atoms with van der Waals surface area (Å²) in [6.45, 7) is 6.44. The van der Waals surface area contributed by atoms with Crippen LogP contribution >= 0.6 is 23.2 Å². The maximum absolute atomic E-state index is 13.9. The molecule has 2 amide bonds. The normalized spacial score (nSPS) is 12.2. The van der Waals surface area contributed by atoms with Crippen molar-refractivity contribution in [2.24, 2.45) is 0 Å². The summed E-state index contributed by atoms with van der Waals surface area (Å²) in [4.78, 5) is 28.2. The van der Waals surface area contributed by atoms with Crippen LogP contribution in [0.5, 0.6) is 0 Å². The van der Waals surface area contributed by atoms with E-state index in [0.717, 1.165) is 4.31 Å². The second-order valence-corrected chi connectivity index (χ2v) is 11.9. The number of sulfonamides is 1. The van der Waals surface area contributed by atoms with Crippen molar-refractivity contribution in [3.05, 3.63) is 94.0 Å². The molecular weight excluding hydrogens is 545 g/mol. The first-order valence-corrected chi connectivity index (χ1v) is 14.3. The van der Waals surface area contributed by atoms with Gasteiger partial charge in [-0.2, -0.15) is 0 Å². The van der Waals surface area contributed by atoms with Crippen LogP contribution in [0, 0.1) is 6.92 Å². The molecule has 0 fully saturated rings. The van der Waals surface area contributed by atoms with Gasteiger partial charge in [0.2, 0.25) is 11.8 Å². The van der Waals surface area contributed by atoms with Crippen LogP contribution in [-0.2, 0) is 26.2 Å². The van der Waals surface area contributed by atoms with E-state index in [2.05, 4.69) is 5.32 Å². The highest BCUT2D eigenvalue weighted by Crippen LogP contribution is 2.30. The molecule has 7 nitrogen and oxygen atoms in total. The molecule has 1 N–H and O–H groups in total. The summed E-state index contributed by atoms with van der Waals surface area (Å²) in [5.41, 5.74) is 1.51. The third kappa shape index (κ3) is 7.07. The third-order valence-electron chi connectivity index (χ3n) is 5.95. The quantitative estimate of drug-likeness (QED) is 0.348. The van der Waals surface area contributed by atoms with Gasteiger partial charge in [-0.15, -0.1) is 0 Å². The Hall–Kier alpha value is -3.07. The van der Waals surface area contributed by atoms with Crippen molar-refractivity contribution >= 4 is 50.7 Å². The van der Waals surface area contributed by atoms with Crippen LogP contribution in [0.3, 0.4) is 0 Å². The molecule has 0 aliphatic rings. The molecule has 202 valence electrons. The largest absolute Gasteiger partial charge is 0.352 e. The van der Waals surface area contributed by atoms with Crippen LogP contribution in [0.25, 0.3) is 0 Å². The van der Waals surface area contributed by atoms with Gasteiger partial charge in [0, 0.05) is 22.6 Å². The zero-order chi connectivity index (χ0) is 28.0. The Morgan fingerprint density at radius 2 is 1.55 bits per heavy atom. The lowest BCUT2D eigenvalue weighted by Gasteiger charge is -2.33. The molecular formula is C28H31Cl2N3O4S. The molecule has 0 spiro atoms. The van der Waals surface area contributed by atoms with Crippen LogP contribution in [0.4, 0.5) is 5.69 Å². The minimum atomic E-state index is -4.17. The van der Waals surface area contributed by atoms with Crippen molar-refractivity contribution in [3.63, 3.8) is 0 Å². The number of amides is 2. The van der Waals surface area contributed by atoms with E-state index in [1.165, 1.54) is 23.1 Å². The third-order valence-corrected chi connectivity index (χ3v) is 8.32. The average Bonchev–Trinajstić information content (AvgIpc) is 2.88. The van der Waals surface area contributed by atoms with Crippen LogP contribution in [0.15, 0.2) is 77.7 Å². The standard InChI is InChI=1S/C28H31Cl2N3O4S/c1-19(2)31-28(35)21(4)32(17-22-10-8-9-13-25(22)30)27(34)18-33(26-16-23(29)15-14-20(26)3)38(36,37)24-11-6-5-7-12-24/h5-16,19,21H,17-18H2,1-4H3,(H,31,35). The van der Waals surface area contributed by atoms with Gasteiger partial charge < -0.3 is 10.2 Å². The molecule has 0 aliphatic heterocycles. The van der Waals surface area contributed by atoms with Crippen molar-refractivity contribution in [2.45, 2.75) is 51.2 Å². The molecule has 1 atom stereocenters. The summed E-state index contributed by atoms with van der Waals surface area (Å²) in [7, 11) is -4.17. The van der Waals surface area contributed by atoms with Gasteiger partial charge >= 0.3 is 0 Å². The summed E-state index contributed by atoms with van der Waals surface area (Å²) < 4.78 is 28.7. The number of aryl methyl sites for hydroxylation is 1. The van der Waals surface area contributed by atoms with Crippen molar-refractivity contribution < 1.29 is 18.0 Å². The van der Waals surface area contributed by atoms with Crippen molar-refractivity contribution in [1.29, 1.82) is 0 Å². The molecule has 0 heterocycles. The lowest BCUT2D eigenvalue weighted by molar-refractivity contribution is -0.139. The van der Waals surface area contributed by atoms with Crippen molar-refractivity contribution in [3.8, 4) is 0 Å². The van der Waals surface area contributed by atoms with Gasteiger partial charge in [-0.3, -0.25) is 13.9 Å². The number of benzene rings is 3. The number of hydrogen-bond donors (Lipinski definition) is 1. The number of nitrogens with one attached hydrogen (secondary N) is 1. The van der Waals surface area contributed by atoms with E-state index in [0.29, 0.717) is 21.2 Å². The Morgan fingerprint density at radius 3 is 2.18 bits per heavy atom. The second kappa shape index (κ2) is 12.7. The predicted molar refractivity (Wildman–Crippen MR) is 152 cm³/mol. The van der Waals surface area contributed by atoms with E-state index >= 15 is 0 Å². The Balaban J connectivity index is 2.08. The number of hydrogen-bond acceptors (Lipinski definition) is 4. The number of nitrogens with zero attached hydrogens (tertiary/aromatic N) is 2. The molecule has 0 aliphatic carbocycles. The minimum absolute atomic E-state index is 0.0128. The maximum atomic E-state index is 13.9. The summed E-state index contributed by atoms with van der Waals surface area (Å²) in [6.07, 6.45) is 0. The Kier molecular flexibility index (Phi) is 9.82. The summed E-state index contributed by atoms with van der Waals surface area (Å²) in [5, 5.41) is 3.58. The number of halogens is 2. The molecule has 10 heteroatoms. The molecule has 1 unspecified atom stereocenters. The van der Waals surface area contributed by atoms with Crippen LogP contribution in [0.2, 0.25) is 10.0 Å². The van der Waals surface area contributed by atoms with E-state index in [1.807, 2.05) is 13.8 Å². The smallest absolute Gasteiger partial charge is 0.264 e. The second-order valence-electron chi connectivity index (χ2n) is 9.21. The maximum Gasteiger partial charge on any atom is 0.264 e. The monoisotopic (exact) mass is 575 g/mol. The number of rotatable bonds is 10. The van der Waals surface area contributed by atoms with E-state index < -0.39 is 28.5 Å². The molecule has 38 heavy (non-hydrogen) atoms. The van der Waals surface area contributed by atoms with E-state index in [-0.39, 0.29) is 29.1 Å². The highest BCUT2D eigenvalue weighted by molar-refractivity contribution is 7.92. The van der Waals surface area contributed by atoms with Gasteiger partial charge in [-0.05, 0) is 69.2 Å². The summed E-state index contributed by atoms with van der Waals surface area (Å²) >= 11 is 12.6. The van der Waals surface area contributed by atoms with E-state index in [9.17, 15) is 18.0 Å². The first kappa shape index (κ1) is 29.5. The molecule has 3 aromatic rings. The minimum Gasteiger partial charge on any atom is -0.352 e. The Bertz CT molecular complexity index is 1400. The highest BCUT2D eigenvalue weighted by atomic mass is 35.5. The van der Waals surface area contributed by atoms with Gasteiger partial charge in [-0.1, -0.05) is 65.7 Å². The van der Waals surface area contributed by atoms with Crippen LogP contribution < -0.4 is 9.62 Å². The topological polar surface area (TPSA) is 86.8 Å². The van der Waals surface area contributed by atoms with Crippen molar-refractivity contribution in [2.75, 3.05) is 10.8 Å². The SMILES string of the molecule is Cc1ccc(Cl)cc1N(CC(=O)N(Cc1ccccc1Cl)C(C)C(=O)NC(C)C)S(=O)(=O)c1ccccc1. The Labute approximate surface area is 234 Å². The summed E-state index contributed by atoms with van der Waals surface area (Å²) in [6, 6.07) is 18.7. The van der Waals surface area contributed by atoms with E-state index in [1.54, 1.807) is 68.4 Å². The van der Waals surface area contributed by atoms with Crippen LogP contribution in [-0.4, -0.2) is 43.8 Å². The van der Waals surface area contributed by atoms with Gasteiger partial charge in [-0.25, -0.2) is 8.42 Å². The van der Waals surface area contributed by atoms with Crippen molar-refractivity contribution in [1.82, 2.24) is 10.2 Å². The first-order valence-electron chi connectivity index (χ1n) is 12.1. The molecule has 0 bridgehead atoms. The summed E-state index contributed by atoms with van der Waals surface area (Å²) in [5.74, 6) is -0.938. The zero-order valence-corrected chi connectivity index (χ0v) is 24.0. The fourth-order valence-corrected chi connectivity index (χ4v) is 5.74. The average molecular weight is 577 g/mol. The predicted octanol–water partition coefficient (Wildman–Crippen LogP) is 5.44. The van der Waals surface area contributed by atoms with Gasteiger partial charge in [0.05, 0.1) is 10.6 Å². The highest BCUT2D eigenvalue weighted by Gasteiger charge is 2.33. The zero-order valence-electron chi connectivity index (χ0n) is 21.7. The molecule has 3 rings (SSSR count). The van der Waals surface area contributed by atoms with E-state index in [4.69, 9.17) is 23.2 Å². The molecule has 0 aromatic heterocycles. The molecule has 0 radical (unpaired) electrons. The fourth-order valence-electron chi connectivity index (χ4n) is 3.88. The lowest BCUT2D eigenvalue weighted by atomic mass is 10.1.